The molecular formula is C14H19N7O. The summed E-state index contributed by atoms with van der Waals surface area (Å²) in [6.07, 6.45) is 9.39. The predicted molar refractivity (Wildman–Crippen MR) is 80.7 cm³/mol. The van der Waals surface area contributed by atoms with Crippen molar-refractivity contribution in [2.75, 3.05) is 37.6 Å². The van der Waals surface area contributed by atoms with E-state index in [1.807, 2.05) is 23.4 Å². The number of imidazole rings is 1. The van der Waals surface area contributed by atoms with E-state index in [2.05, 4.69) is 24.9 Å². The van der Waals surface area contributed by atoms with Crippen LogP contribution in [0.3, 0.4) is 0 Å². The number of hydrogen-bond donors (Lipinski definition) is 1. The molecule has 0 saturated carbocycles. The number of urea groups is 1. The summed E-state index contributed by atoms with van der Waals surface area (Å²) in [5.74, 6) is 0. The van der Waals surface area contributed by atoms with Crippen molar-refractivity contribution < 1.29 is 4.79 Å². The number of amides is 2. The van der Waals surface area contributed by atoms with E-state index < -0.39 is 0 Å². The summed E-state index contributed by atoms with van der Waals surface area (Å²) >= 11 is 0. The van der Waals surface area contributed by atoms with Crippen molar-refractivity contribution in [3.8, 4) is 0 Å². The number of anilines is 1. The standard InChI is InChI=1S/C14H19N7O/c22-14-16-2-4-20(14)12-7-17-21(10-12)13-8-19(9-13)6-5-18-3-1-15-11-18/h1,3,7,10-11,13H,2,4-6,8-9H2,(H,16,22). The first-order chi connectivity index (χ1) is 10.8. The van der Waals surface area contributed by atoms with Gasteiger partial charge in [-0.3, -0.25) is 14.5 Å². The topological polar surface area (TPSA) is 71.2 Å². The van der Waals surface area contributed by atoms with Gasteiger partial charge in [-0.2, -0.15) is 5.10 Å². The summed E-state index contributed by atoms with van der Waals surface area (Å²) in [4.78, 5) is 19.8. The van der Waals surface area contributed by atoms with E-state index in [9.17, 15) is 4.79 Å². The largest absolute Gasteiger partial charge is 0.336 e. The van der Waals surface area contributed by atoms with Gasteiger partial charge in [0, 0.05) is 57.9 Å². The first-order valence-corrected chi connectivity index (χ1v) is 7.57. The van der Waals surface area contributed by atoms with Crippen LogP contribution in [0.5, 0.6) is 0 Å². The zero-order valence-electron chi connectivity index (χ0n) is 12.3. The van der Waals surface area contributed by atoms with E-state index in [1.165, 1.54) is 0 Å². The summed E-state index contributed by atoms with van der Waals surface area (Å²) in [5, 5.41) is 7.22. The molecule has 8 heteroatoms. The van der Waals surface area contributed by atoms with Gasteiger partial charge in [0.25, 0.3) is 0 Å². The molecule has 0 atom stereocenters. The van der Waals surface area contributed by atoms with Crippen LogP contribution < -0.4 is 10.2 Å². The maximum atomic E-state index is 11.6. The van der Waals surface area contributed by atoms with Crippen LogP contribution in [0.15, 0.2) is 31.1 Å². The lowest BCUT2D eigenvalue weighted by atomic mass is 10.1. The molecule has 4 rings (SSSR count). The van der Waals surface area contributed by atoms with Gasteiger partial charge in [-0.05, 0) is 0 Å². The highest BCUT2D eigenvalue weighted by Gasteiger charge is 2.29. The molecule has 0 aliphatic carbocycles. The average molecular weight is 301 g/mol. The quantitative estimate of drug-likeness (QED) is 0.854. The van der Waals surface area contributed by atoms with E-state index in [0.29, 0.717) is 19.1 Å². The van der Waals surface area contributed by atoms with Crippen LogP contribution in [0.25, 0.3) is 0 Å². The molecule has 0 unspecified atom stereocenters. The maximum Gasteiger partial charge on any atom is 0.322 e. The zero-order chi connectivity index (χ0) is 14.9. The molecule has 0 radical (unpaired) electrons. The summed E-state index contributed by atoms with van der Waals surface area (Å²) in [7, 11) is 0. The van der Waals surface area contributed by atoms with Crippen LogP contribution in [0.2, 0.25) is 0 Å². The molecule has 2 aliphatic rings. The Bertz CT molecular complexity index is 644. The number of likely N-dealkylation sites (tertiary alicyclic amines) is 1. The van der Waals surface area contributed by atoms with Crippen LogP contribution in [-0.4, -0.2) is 63.0 Å². The van der Waals surface area contributed by atoms with Crippen molar-refractivity contribution in [3.05, 3.63) is 31.1 Å². The van der Waals surface area contributed by atoms with E-state index in [1.54, 1.807) is 17.3 Å². The second-order valence-corrected chi connectivity index (χ2v) is 5.78. The van der Waals surface area contributed by atoms with Crippen LogP contribution in [-0.2, 0) is 6.54 Å². The van der Waals surface area contributed by atoms with Crippen molar-refractivity contribution in [2.24, 2.45) is 0 Å². The van der Waals surface area contributed by atoms with Gasteiger partial charge in [0.05, 0.1) is 24.3 Å². The molecular weight excluding hydrogens is 282 g/mol. The SMILES string of the molecule is O=C1NCCN1c1cnn(C2CN(CCn3ccnc3)C2)c1. The molecule has 0 spiro atoms. The summed E-state index contributed by atoms with van der Waals surface area (Å²) in [6, 6.07) is 0.373. The molecule has 22 heavy (non-hydrogen) atoms. The van der Waals surface area contributed by atoms with Crippen LogP contribution in [0, 0.1) is 0 Å². The molecule has 2 aromatic heterocycles. The van der Waals surface area contributed by atoms with Gasteiger partial charge in [0.15, 0.2) is 0 Å². The Morgan fingerprint density at radius 3 is 2.95 bits per heavy atom. The fourth-order valence-electron chi connectivity index (χ4n) is 2.95. The number of nitrogens with one attached hydrogen (secondary N) is 1. The Hall–Kier alpha value is -2.35. The maximum absolute atomic E-state index is 11.6. The van der Waals surface area contributed by atoms with Crippen molar-refractivity contribution in [3.63, 3.8) is 0 Å². The van der Waals surface area contributed by atoms with Gasteiger partial charge in [-0.15, -0.1) is 0 Å². The third-order valence-corrected chi connectivity index (χ3v) is 4.30. The second kappa shape index (κ2) is 5.45. The van der Waals surface area contributed by atoms with Crippen LogP contribution in [0.4, 0.5) is 10.5 Å². The van der Waals surface area contributed by atoms with Gasteiger partial charge < -0.3 is 9.88 Å². The average Bonchev–Trinajstić information content (AvgIpc) is 3.17. The molecule has 2 amide bonds. The van der Waals surface area contributed by atoms with E-state index in [-0.39, 0.29) is 6.03 Å². The molecule has 2 aliphatic heterocycles. The molecule has 8 nitrogen and oxygen atoms in total. The summed E-state index contributed by atoms with van der Waals surface area (Å²) in [5.41, 5.74) is 0.881. The van der Waals surface area contributed by atoms with Crippen molar-refractivity contribution in [1.82, 2.24) is 29.5 Å². The van der Waals surface area contributed by atoms with E-state index >= 15 is 0 Å². The lowest BCUT2D eigenvalue weighted by Gasteiger charge is -2.39. The molecule has 0 bridgehead atoms. The first-order valence-electron chi connectivity index (χ1n) is 7.57. The number of carbonyl (C=O) groups is 1. The van der Waals surface area contributed by atoms with Crippen molar-refractivity contribution in [2.45, 2.75) is 12.6 Å². The normalized spacial score (nSPS) is 19.5. The third kappa shape index (κ3) is 2.45. The minimum absolute atomic E-state index is 0.0323. The van der Waals surface area contributed by atoms with Gasteiger partial charge in [0.2, 0.25) is 0 Å². The molecule has 0 aromatic carbocycles. The summed E-state index contributed by atoms with van der Waals surface area (Å²) in [6.45, 7) is 5.41. The smallest absolute Gasteiger partial charge is 0.322 e. The number of hydrogen-bond acceptors (Lipinski definition) is 4. The highest BCUT2D eigenvalue weighted by molar-refractivity contribution is 5.93. The highest BCUT2D eigenvalue weighted by Crippen LogP contribution is 2.23. The van der Waals surface area contributed by atoms with Crippen LogP contribution in [0.1, 0.15) is 6.04 Å². The lowest BCUT2D eigenvalue weighted by molar-refractivity contribution is 0.0946. The van der Waals surface area contributed by atoms with Crippen LogP contribution >= 0.6 is 0 Å². The Balaban J connectivity index is 1.29. The number of aromatic nitrogens is 4. The van der Waals surface area contributed by atoms with Gasteiger partial charge in [0.1, 0.15) is 0 Å². The Labute approximate surface area is 128 Å². The Kier molecular flexibility index (Phi) is 3.30. The van der Waals surface area contributed by atoms with Gasteiger partial charge in [-0.1, -0.05) is 0 Å². The number of rotatable bonds is 5. The zero-order valence-corrected chi connectivity index (χ0v) is 12.3. The fraction of sp³-hybridized carbons (Fsp3) is 0.500. The monoisotopic (exact) mass is 301 g/mol. The summed E-state index contributed by atoms with van der Waals surface area (Å²) < 4.78 is 4.07. The third-order valence-electron chi connectivity index (χ3n) is 4.30. The minimum atomic E-state index is -0.0323. The minimum Gasteiger partial charge on any atom is -0.336 e. The van der Waals surface area contributed by atoms with Crippen molar-refractivity contribution in [1.29, 1.82) is 0 Å². The number of nitrogens with zero attached hydrogens (tertiary/aromatic N) is 6. The van der Waals surface area contributed by atoms with Gasteiger partial charge in [-0.25, -0.2) is 9.78 Å². The molecule has 4 heterocycles. The molecule has 2 fully saturated rings. The number of carbonyl (C=O) groups excluding carboxylic acids is 1. The Morgan fingerprint density at radius 2 is 2.23 bits per heavy atom. The highest BCUT2D eigenvalue weighted by atomic mass is 16.2. The molecule has 1 N–H and O–H groups in total. The Morgan fingerprint density at radius 1 is 1.32 bits per heavy atom. The fourth-order valence-corrected chi connectivity index (χ4v) is 2.95. The lowest BCUT2D eigenvalue weighted by Crippen LogP contribution is -2.48. The molecule has 2 saturated heterocycles. The first kappa shape index (κ1) is 13.3. The predicted octanol–water partition coefficient (Wildman–Crippen LogP) is 0.166. The second-order valence-electron chi connectivity index (χ2n) is 5.78. The van der Waals surface area contributed by atoms with Crippen molar-refractivity contribution >= 4 is 11.7 Å². The van der Waals surface area contributed by atoms with Gasteiger partial charge >= 0.3 is 6.03 Å². The van der Waals surface area contributed by atoms with E-state index in [0.717, 1.165) is 31.9 Å². The van der Waals surface area contributed by atoms with E-state index in [4.69, 9.17) is 0 Å². The molecule has 116 valence electrons. The molecule has 2 aromatic rings.